The Morgan fingerprint density at radius 1 is 1.25 bits per heavy atom. The molecule has 3 amide bonds. The van der Waals surface area contributed by atoms with Crippen LogP contribution in [0, 0.1) is 0 Å². The number of piperidine rings is 1. The highest BCUT2D eigenvalue weighted by Gasteiger charge is 2.38. The molecule has 3 heterocycles. The van der Waals surface area contributed by atoms with Crippen molar-refractivity contribution in [3.8, 4) is 17.0 Å². The van der Waals surface area contributed by atoms with Crippen molar-refractivity contribution in [1.29, 1.82) is 0 Å². The van der Waals surface area contributed by atoms with E-state index in [1.807, 2.05) is 24.3 Å². The third kappa shape index (κ3) is 3.37. The normalized spacial score (nSPS) is 18.0. The molecule has 1 N–H and O–H groups in total. The maximum absolute atomic E-state index is 12.8. The van der Waals surface area contributed by atoms with Gasteiger partial charge in [-0.05, 0) is 31.0 Å². The number of H-pyrrole nitrogens is 1. The number of aromatic amines is 1. The van der Waals surface area contributed by atoms with Crippen molar-refractivity contribution in [3.05, 3.63) is 36.0 Å². The zero-order valence-corrected chi connectivity index (χ0v) is 16.2. The van der Waals surface area contributed by atoms with Crippen LogP contribution in [0.25, 0.3) is 11.3 Å². The van der Waals surface area contributed by atoms with Crippen LogP contribution in [0.3, 0.4) is 0 Å². The zero-order chi connectivity index (χ0) is 19.7. The van der Waals surface area contributed by atoms with Gasteiger partial charge < -0.3 is 9.64 Å². The van der Waals surface area contributed by atoms with Crippen LogP contribution in [-0.4, -0.2) is 69.0 Å². The molecule has 2 aliphatic heterocycles. The number of carbonyl (C=O) groups excluding carboxylic acids is 3. The molecular weight excluding hydrogens is 380 g/mol. The van der Waals surface area contributed by atoms with Crippen LogP contribution >= 0.6 is 11.8 Å². The largest absolute Gasteiger partial charge is 0.496 e. The number of carbonyl (C=O) groups is 3. The predicted molar refractivity (Wildman–Crippen MR) is 104 cm³/mol. The summed E-state index contributed by atoms with van der Waals surface area (Å²) in [5, 5.41) is 6.89. The number of methoxy groups -OCH3 is 1. The minimum absolute atomic E-state index is 0.120. The number of thioether (sulfide) groups is 1. The molecule has 0 atom stereocenters. The quantitative estimate of drug-likeness (QED) is 0.847. The number of benzene rings is 1. The number of nitrogens with one attached hydrogen (secondary N) is 1. The van der Waals surface area contributed by atoms with Gasteiger partial charge in [-0.2, -0.15) is 5.10 Å². The number of likely N-dealkylation sites (tertiary alicyclic amines) is 1. The van der Waals surface area contributed by atoms with E-state index < -0.39 is 0 Å². The Bertz CT molecular complexity index is 904. The molecule has 1 aromatic heterocycles. The molecule has 0 aliphatic carbocycles. The fourth-order valence-electron chi connectivity index (χ4n) is 3.64. The molecule has 0 saturated carbocycles. The second-order valence-electron chi connectivity index (χ2n) is 6.71. The molecule has 28 heavy (non-hydrogen) atoms. The van der Waals surface area contributed by atoms with Gasteiger partial charge >= 0.3 is 0 Å². The molecule has 0 radical (unpaired) electrons. The number of hydrogen-bond donors (Lipinski definition) is 1. The van der Waals surface area contributed by atoms with Gasteiger partial charge in [-0.1, -0.05) is 23.9 Å². The molecule has 2 aliphatic rings. The van der Waals surface area contributed by atoms with Crippen molar-refractivity contribution >= 4 is 28.8 Å². The number of amides is 3. The summed E-state index contributed by atoms with van der Waals surface area (Å²) < 4.78 is 5.35. The Balaban J connectivity index is 1.43. The van der Waals surface area contributed by atoms with E-state index in [0.29, 0.717) is 43.1 Å². The van der Waals surface area contributed by atoms with E-state index >= 15 is 0 Å². The van der Waals surface area contributed by atoms with Gasteiger partial charge in [-0.25, -0.2) is 0 Å². The summed E-state index contributed by atoms with van der Waals surface area (Å²) in [6.07, 6.45) is 1.19. The van der Waals surface area contributed by atoms with Crippen molar-refractivity contribution < 1.29 is 19.1 Å². The predicted octanol–water partition coefficient (Wildman–Crippen LogP) is 2.39. The molecule has 0 bridgehead atoms. The Kier molecular flexibility index (Phi) is 5.08. The summed E-state index contributed by atoms with van der Waals surface area (Å²) in [6.45, 7) is 0.989. The first-order valence-corrected chi connectivity index (χ1v) is 10.0. The van der Waals surface area contributed by atoms with Gasteiger partial charge in [0.25, 0.3) is 11.1 Å². The highest BCUT2D eigenvalue weighted by atomic mass is 32.2. The number of rotatable bonds is 4. The Morgan fingerprint density at radius 2 is 2.00 bits per heavy atom. The van der Waals surface area contributed by atoms with E-state index in [1.165, 1.54) is 4.90 Å². The first-order chi connectivity index (χ1) is 13.6. The van der Waals surface area contributed by atoms with Crippen LogP contribution in [0.15, 0.2) is 30.3 Å². The molecule has 2 fully saturated rings. The molecule has 0 unspecified atom stereocenters. The minimum atomic E-state index is -0.176. The number of ether oxygens (including phenoxy) is 1. The van der Waals surface area contributed by atoms with Crippen LogP contribution in [0.5, 0.6) is 5.75 Å². The molecule has 2 aromatic rings. The second-order valence-corrected chi connectivity index (χ2v) is 7.64. The van der Waals surface area contributed by atoms with Crippen LogP contribution < -0.4 is 4.74 Å². The molecule has 9 heteroatoms. The number of hydrogen-bond acceptors (Lipinski definition) is 6. The summed E-state index contributed by atoms with van der Waals surface area (Å²) in [4.78, 5) is 39.7. The van der Waals surface area contributed by atoms with E-state index in [0.717, 1.165) is 17.3 Å². The first kappa shape index (κ1) is 18.5. The van der Waals surface area contributed by atoms with Crippen molar-refractivity contribution in [2.24, 2.45) is 0 Å². The van der Waals surface area contributed by atoms with Gasteiger partial charge in [0.2, 0.25) is 5.91 Å². The van der Waals surface area contributed by atoms with Gasteiger partial charge in [0, 0.05) is 24.7 Å². The van der Waals surface area contributed by atoms with E-state index in [-0.39, 0.29) is 28.8 Å². The van der Waals surface area contributed by atoms with E-state index in [2.05, 4.69) is 10.2 Å². The van der Waals surface area contributed by atoms with Crippen LogP contribution in [0.4, 0.5) is 4.79 Å². The first-order valence-electron chi connectivity index (χ1n) is 9.05. The van der Waals surface area contributed by atoms with Crippen LogP contribution in [0.1, 0.15) is 23.3 Å². The smallest absolute Gasteiger partial charge is 0.289 e. The lowest BCUT2D eigenvalue weighted by Crippen LogP contribution is -2.48. The molecular formula is C19H20N4O4S. The fraction of sp³-hybridized carbons (Fsp3) is 0.368. The molecule has 8 nitrogen and oxygen atoms in total. The average molecular weight is 400 g/mol. The summed E-state index contributed by atoms with van der Waals surface area (Å²) in [6, 6.07) is 9.09. The highest BCUT2D eigenvalue weighted by Crippen LogP contribution is 2.30. The summed E-state index contributed by atoms with van der Waals surface area (Å²) in [5.74, 6) is 0.639. The molecule has 4 rings (SSSR count). The summed E-state index contributed by atoms with van der Waals surface area (Å²) in [5.41, 5.74) is 1.85. The highest BCUT2D eigenvalue weighted by molar-refractivity contribution is 8.14. The lowest BCUT2D eigenvalue weighted by Gasteiger charge is -2.35. The van der Waals surface area contributed by atoms with E-state index in [1.54, 1.807) is 18.1 Å². The SMILES string of the molecule is COc1ccccc1-c1cc(C(=O)N2CCC(N3C(=O)CSC3=O)CC2)[nH]n1. The maximum atomic E-state index is 12.8. The third-order valence-electron chi connectivity index (χ3n) is 5.09. The fourth-order valence-corrected chi connectivity index (χ4v) is 4.42. The lowest BCUT2D eigenvalue weighted by molar-refractivity contribution is -0.126. The van der Waals surface area contributed by atoms with Crippen LogP contribution in [-0.2, 0) is 4.79 Å². The van der Waals surface area contributed by atoms with Gasteiger partial charge in [0.15, 0.2) is 0 Å². The topological polar surface area (TPSA) is 95.6 Å². The number of nitrogens with zero attached hydrogens (tertiary/aromatic N) is 3. The van der Waals surface area contributed by atoms with Gasteiger partial charge in [0.1, 0.15) is 11.4 Å². The van der Waals surface area contributed by atoms with Gasteiger partial charge in [0.05, 0.1) is 18.6 Å². The van der Waals surface area contributed by atoms with Crippen molar-refractivity contribution in [2.75, 3.05) is 26.0 Å². The number of aromatic nitrogens is 2. The summed E-state index contributed by atoms with van der Waals surface area (Å²) in [7, 11) is 1.59. The zero-order valence-electron chi connectivity index (χ0n) is 15.4. The Labute approximate surface area is 166 Å². The monoisotopic (exact) mass is 400 g/mol. The average Bonchev–Trinajstić information content (AvgIpc) is 3.34. The van der Waals surface area contributed by atoms with Crippen molar-refractivity contribution in [1.82, 2.24) is 20.0 Å². The minimum Gasteiger partial charge on any atom is -0.496 e. The van der Waals surface area contributed by atoms with Crippen molar-refractivity contribution in [3.63, 3.8) is 0 Å². The lowest BCUT2D eigenvalue weighted by atomic mass is 10.0. The van der Waals surface area contributed by atoms with E-state index in [4.69, 9.17) is 4.74 Å². The van der Waals surface area contributed by atoms with Gasteiger partial charge in [-0.15, -0.1) is 0 Å². The molecule has 2 saturated heterocycles. The number of imide groups is 1. The summed E-state index contributed by atoms with van der Waals surface area (Å²) >= 11 is 1.05. The molecule has 146 valence electrons. The Morgan fingerprint density at radius 3 is 2.68 bits per heavy atom. The van der Waals surface area contributed by atoms with E-state index in [9.17, 15) is 14.4 Å². The second kappa shape index (κ2) is 7.67. The molecule has 1 aromatic carbocycles. The molecule has 0 spiro atoms. The van der Waals surface area contributed by atoms with Gasteiger partial charge in [-0.3, -0.25) is 24.4 Å². The van der Waals surface area contributed by atoms with Crippen LogP contribution in [0.2, 0.25) is 0 Å². The third-order valence-corrected chi connectivity index (χ3v) is 5.93. The number of para-hydroxylation sites is 1. The Hall–Kier alpha value is -2.81. The standard InChI is InChI=1S/C19H20N4O4S/c1-27-16-5-3-2-4-13(16)14-10-15(21-20-14)18(25)22-8-6-12(7-9-22)23-17(24)11-28-19(23)26/h2-5,10,12H,6-9,11H2,1H3,(H,20,21). The van der Waals surface area contributed by atoms with Crippen molar-refractivity contribution in [2.45, 2.75) is 18.9 Å². The maximum Gasteiger partial charge on any atom is 0.289 e.